The summed E-state index contributed by atoms with van der Waals surface area (Å²) in [4.78, 5) is 15.6. The van der Waals surface area contributed by atoms with Crippen LogP contribution in [-0.2, 0) is 11.2 Å². The molecule has 2 heterocycles. The number of para-hydroxylation sites is 1. The molecular weight excluding hydrogens is 470 g/mol. The van der Waals surface area contributed by atoms with E-state index in [0.29, 0.717) is 0 Å². The maximum atomic E-state index is 13.1. The summed E-state index contributed by atoms with van der Waals surface area (Å²) in [5.41, 5.74) is 4.79. The summed E-state index contributed by atoms with van der Waals surface area (Å²) in [6.07, 6.45) is 0.559. The summed E-state index contributed by atoms with van der Waals surface area (Å²) in [7, 11) is 0. The van der Waals surface area contributed by atoms with Crippen molar-refractivity contribution in [3.8, 4) is 11.3 Å². The monoisotopic (exact) mass is 491 g/mol. The minimum Gasteiger partial charge on any atom is -0.443 e. The lowest BCUT2D eigenvalue weighted by atomic mass is 10.0. The molecule has 3 aromatic carbocycles. The average Bonchev–Trinajstić information content (AvgIpc) is 3.10. The highest BCUT2D eigenvalue weighted by atomic mass is 79.9. The van der Waals surface area contributed by atoms with Gasteiger partial charge in [-0.2, -0.15) is 0 Å². The van der Waals surface area contributed by atoms with E-state index >= 15 is 0 Å². The number of halogens is 1. The molecule has 3 nitrogen and oxygen atoms in total. The van der Waals surface area contributed by atoms with E-state index in [1.54, 1.807) is 16.3 Å². The van der Waals surface area contributed by atoms with Crippen LogP contribution in [0.25, 0.3) is 22.2 Å². The van der Waals surface area contributed by atoms with E-state index in [9.17, 15) is 4.79 Å². The molecule has 0 fully saturated rings. The number of fused-ring (bicyclic) bond motifs is 3. The first-order valence-electron chi connectivity index (χ1n) is 10.2. The van der Waals surface area contributed by atoms with Gasteiger partial charge in [-0.3, -0.25) is 0 Å². The number of ether oxygens (including phenoxy) is 1. The summed E-state index contributed by atoms with van der Waals surface area (Å²) in [6, 6.07) is 22.9. The van der Waals surface area contributed by atoms with Crippen molar-refractivity contribution in [1.82, 2.24) is 4.57 Å². The topological polar surface area (TPSA) is 31.2 Å². The maximum absolute atomic E-state index is 13.1. The van der Waals surface area contributed by atoms with Gasteiger partial charge in [-0.15, -0.1) is 0 Å². The number of carbonyl (C=O) groups excluding carboxylic acids is 1. The zero-order chi connectivity index (χ0) is 21.8. The molecule has 31 heavy (non-hydrogen) atoms. The number of hydrogen-bond acceptors (Lipinski definition) is 3. The first kappa shape index (κ1) is 20.4. The molecule has 0 saturated heterocycles. The molecule has 5 heteroatoms. The molecule has 0 amide bonds. The van der Waals surface area contributed by atoms with Crippen LogP contribution in [0.4, 0.5) is 4.79 Å². The Hall–Kier alpha value is -2.50. The Balaban J connectivity index is 1.61. The van der Waals surface area contributed by atoms with Gasteiger partial charge in [0, 0.05) is 19.6 Å². The third-order valence-electron chi connectivity index (χ3n) is 5.28. The summed E-state index contributed by atoms with van der Waals surface area (Å²) >= 11 is 5.36. The van der Waals surface area contributed by atoms with Gasteiger partial charge in [0.1, 0.15) is 5.60 Å². The molecule has 0 aliphatic carbocycles. The van der Waals surface area contributed by atoms with E-state index in [2.05, 4.69) is 58.4 Å². The number of carbonyl (C=O) groups is 1. The highest BCUT2D eigenvalue weighted by molar-refractivity contribution is 9.10. The van der Waals surface area contributed by atoms with E-state index in [-0.39, 0.29) is 6.09 Å². The molecule has 0 radical (unpaired) electrons. The fraction of sp³-hybridized carbons (Fsp3) is 0.192. The van der Waals surface area contributed by atoms with Crippen LogP contribution in [0.1, 0.15) is 31.9 Å². The minimum atomic E-state index is -0.567. The minimum absolute atomic E-state index is 0.358. The molecule has 0 atom stereocenters. The van der Waals surface area contributed by atoms with E-state index in [1.165, 1.54) is 20.9 Å². The van der Waals surface area contributed by atoms with Crippen LogP contribution in [0.3, 0.4) is 0 Å². The van der Waals surface area contributed by atoms with Gasteiger partial charge in [0.05, 0.1) is 11.2 Å². The van der Waals surface area contributed by atoms with Gasteiger partial charge in [0.15, 0.2) is 0 Å². The Labute approximate surface area is 194 Å². The molecule has 1 aromatic heterocycles. The van der Waals surface area contributed by atoms with Crippen LogP contribution in [0.15, 0.2) is 81.0 Å². The van der Waals surface area contributed by atoms with Crippen LogP contribution in [0.5, 0.6) is 0 Å². The van der Waals surface area contributed by atoms with E-state index in [1.807, 2.05) is 45.0 Å². The zero-order valence-corrected chi connectivity index (χ0v) is 20.0. The quantitative estimate of drug-likeness (QED) is 0.238. The second-order valence-electron chi connectivity index (χ2n) is 8.76. The molecule has 0 bridgehead atoms. The SMILES string of the molecule is CC(C)(C)OC(=O)n1c(-c2ccc3c(c2)Sc2cc(Br)ccc2C3)cc2ccccc21. The largest absolute Gasteiger partial charge is 0.443 e. The van der Waals surface area contributed by atoms with E-state index in [0.717, 1.165) is 33.1 Å². The molecule has 0 saturated carbocycles. The molecule has 1 aliphatic rings. The number of benzene rings is 3. The van der Waals surface area contributed by atoms with Gasteiger partial charge in [-0.05, 0) is 74.2 Å². The molecule has 156 valence electrons. The standard InChI is InChI=1S/C26H22BrNO2S/c1-26(2,3)30-25(29)28-21-7-5-4-6-16(21)13-22(28)17-8-9-18-12-19-10-11-20(27)15-24(19)31-23(18)14-17/h4-11,13-15H,12H2,1-3H3. The van der Waals surface area contributed by atoms with Crippen molar-refractivity contribution in [3.63, 3.8) is 0 Å². The van der Waals surface area contributed by atoms with Crippen LogP contribution in [0, 0.1) is 0 Å². The Morgan fingerprint density at radius 2 is 1.68 bits per heavy atom. The second-order valence-corrected chi connectivity index (χ2v) is 10.8. The number of rotatable bonds is 1. The highest BCUT2D eigenvalue weighted by Crippen LogP contribution is 2.42. The predicted octanol–water partition coefficient (Wildman–Crippen LogP) is 7.91. The van der Waals surface area contributed by atoms with Gasteiger partial charge < -0.3 is 4.74 Å². The summed E-state index contributed by atoms with van der Waals surface area (Å²) < 4.78 is 8.52. The highest BCUT2D eigenvalue weighted by Gasteiger charge is 2.24. The zero-order valence-electron chi connectivity index (χ0n) is 17.6. The van der Waals surface area contributed by atoms with Gasteiger partial charge in [-0.1, -0.05) is 64.1 Å². The fourth-order valence-electron chi connectivity index (χ4n) is 3.92. The molecule has 0 spiro atoms. The van der Waals surface area contributed by atoms with Crippen LogP contribution < -0.4 is 0 Å². The third kappa shape index (κ3) is 3.92. The lowest BCUT2D eigenvalue weighted by Gasteiger charge is -2.22. The van der Waals surface area contributed by atoms with E-state index in [4.69, 9.17) is 4.74 Å². The number of hydrogen-bond donors (Lipinski definition) is 0. The number of nitrogens with zero attached hydrogens (tertiary/aromatic N) is 1. The first-order valence-corrected chi connectivity index (χ1v) is 11.8. The summed E-state index contributed by atoms with van der Waals surface area (Å²) in [5.74, 6) is 0. The van der Waals surface area contributed by atoms with Gasteiger partial charge in [0.25, 0.3) is 0 Å². The average molecular weight is 492 g/mol. The summed E-state index contributed by atoms with van der Waals surface area (Å²) in [5, 5.41) is 1.02. The van der Waals surface area contributed by atoms with Crippen molar-refractivity contribution in [2.24, 2.45) is 0 Å². The molecular formula is C26H22BrNO2S. The third-order valence-corrected chi connectivity index (χ3v) is 6.97. The van der Waals surface area contributed by atoms with Crippen molar-refractivity contribution < 1.29 is 9.53 Å². The van der Waals surface area contributed by atoms with Crippen LogP contribution >= 0.6 is 27.7 Å². The molecule has 0 unspecified atom stereocenters. The van der Waals surface area contributed by atoms with Crippen molar-refractivity contribution >= 4 is 44.7 Å². The molecule has 1 aliphatic heterocycles. The molecule has 4 aromatic rings. The molecule has 0 N–H and O–H groups in total. The Morgan fingerprint density at radius 1 is 0.968 bits per heavy atom. The second kappa shape index (κ2) is 7.57. The van der Waals surface area contributed by atoms with Gasteiger partial charge in [0.2, 0.25) is 0 Å². The normalized spacial score (nSPS) is 13.0. The number of aromatic nitrogens is 1. The van der Waals surface area contributed by atoms with Crippen molar-refractivity contribution in [3.05, 3.63) is 82.3 Å². The van der Waals surface area contributed by atoms with Crippen molar-refractivity contribution in [1.29, 1.82) is 0 Å². The summed E-state index contributed by atoms with van der Waals surface area (Å²) in [6.45, 7) is 5.67. The lowest BCUT2D eigenvalue weighted by Crippen LogP contribution is -2.27. The van der Waals surface area contributed by atoms with Crippen molar-refractivity contribution in [2.45, 2.75) is 42.6 Å². The van der Waals surface area contributed by atoms with Crippen molar-refractivity contribution in [2.75, 3.05) is 0 Å². The van der Waals surface area contributed by atoms with Crippen LogP contribution in [0.2, 0.25) is 0 Å². The predicted molar refractivity (Wildman–Crippen MR) is 130 cm³/mol. The Kier molecular flexibility index (Phi) is 4.98. The van der Waals surface area contributed by atoms with Gasteiger partial charge >= 0.3 is 6.09 Å². The van der Waals surface area contributed by atoms with Gasteiger partial charge in [-0.25, -0.2) is 9.36 Å². The molecule has 5 rings (SSSR count). The van der Waals surface area contributed by atoms with Crippen LogP contribution in [-0.4, -0.2) is 16.3 Å². The lowest BCUT2D eigenvalue weighted by molar-refractivity contribution is 0.0547. The Bertz CT molecular complexity index is 1330. The Morgan fingerprint density at radius 3 is 2.45 bits per heavy atom. The maximum Gasteiger partial charge on any atom is 0.419 e. The van der Waals surface area contributed by atoms with E-state index < -0.39 is 5.60 Å². The fourth-order valence-corrected chi connectivity index (χ4v) is 5.58. The first-order chi connectivity index (χ1) is 14.8. The smallest absolute Gasteiger partial charge is 0.419 e.